The zero-order valence-electron chi connectivity index (χ0n) is 13.4. The molecule has 0 bridgehead atoms. The average molecular weight is 280 g/mol. The summed E-state index contributed by atoms with van der Waals surface area (Å²) in [5.41, 5.74) is 4.54. The fourth-order valence-electron chi connectivity index (χ4n) is 2.30. The highest BCUT2D eigenvalue weighted by Crippen LogP contribution is 2.26. The van der Waals surface area contributed by atoms with Crippen LogP contribution in [0, 0.1) is 6.92 Å². The minimum atomic E-state index is 0.165. The van der Waals surface area contributed by atoms with Crippen LogP contribution in [0.4, 0.5) is 0 Å². The third-order valence-corrected chi connectivity index (χ3v) is 4.36. The number of benzene rings is 2. The Morgan fingerprint density at radius 2 is 1.52 bits per heavy atom. The number of aryl methyl sites for hydroxylation is 1. The van der Waals surface area contributed by atoms with Crippen LogP contribution in [-0.4, -0.2) is 5.78 Å². The van der Waals surface area contributed by atoms with Crippen LogP contribution in [0.3, 0.4) is 0 Å². The molecule has 0 unspecified atom stereocenters. The molecule has 1 nitrogen and oxygen atoms in total. The number of hydrogen-bond acceptors (Lipinski definition) is 1. The minimum absolute atomic E-state index is 0.165. The average Bonchev–Trinajstić information content (AvgIpc) is 2.49. The number of Topliss-reactive ketones (excluding diaryl/α,β-unsaturated/α-hetero) is 1. The van der Waals surface area contributed by atoms with Crippen molar-refractivity contribution in [2.45, 2.75) is 46.0 Å². The van der Waals surface area contributed by atoms with Crippen LogP contribution in [0.15, 0.2) is 48.5 Å². The van der Waals surface area contributed by atoms with Crippen LogP contribution < -0.4 is 0 Å². The van der Waals surface area contributed by atoms with Crippen LogP contribution in [0.2, 0.25) is 0 Å². The van der Waals surface area contributed by atoms with E-state index >= 15 is 0 Å². The Kier molecular flexibility index (Phi) is 4.62. The second kappa shape index (κ2) is 6.26. The van der Waals surface area contributed by atoms with E-state index in [9.17, 15) is 4.79 Å². The van der Waals surface area contributed by atoms with Gasteiger partial charge in [-0.2, -0.15) is 0 Å². The third-order valence-electron chi connectivity index (χ3n) is 4.36. The molecule has 0 atom stereocenters. The highest BCUT2D eigenvalue weighted by atomic mass is 16.1. The molecule has 0 N–H and O–H groups in total. The lowest BCUT2D eigenvalue weighted by Gasteiger charge is -2.23. The summed E-state index contributed by atoms with van der Waals surface area (Å²) in [5, 5.41) is 0. The van der Waals surface area contributed by atoms with Crippen molar-refractivity contribution in [2.75, 3.05) is 0 Å². The van der Waals surface area contributed by atoms with Crippen LogP contribution in [0.25, 0.3) is 0 Å². The molecule has 0 heterocycles. The molecule has 0 aromatic heterocycles. The number of carbonyl (C=O) groups is 1. The van der Waals surface area contributed by atoms with E-state index in [-0.39, 0.29) is 11.2 Å². The number of rotatable bonds is 5. The Hall–Kier alpha value is -1.89. The molecule has 0 fully saturated rings. The van der Waals surface area contributed by atoms with Crippen molar-refractivity contribution in [1.29, 1.82) is 0 Å². The van der Waals surface area contributed by atoms with Crippen LogP contribution in [0.5, 0.6) is 0 Å². The summed E-state index contributed by atoms with van der Waals surface area (Å²) >= 11 is 0. The predicted molar refractivity (Wildman–Crippen MR) is 89.0 cm³/mol. The quantitative estimate of drug-likeness (QED) is 0.696. The van der Waals surface area contributed by atoms with Crippen LogP contribution >= 0.6 is 0 Å². The molecule has 0 aliphatic carbocycles. The van der Waals surface area contributed by atoms with E-state index in [1.54, 1.807) is 0 Å². The summed E-state index contributed by atoms with van der Waals surface area (Å²) in [7, 11) is 0. The van der Waals surface area contributed by atoms with Gasteiger partial charge < -0.3 is 0 Å². The van der Waals surface area contributed by atoms with Gasteiger partial charge in [-0.25, -0.2) is 0 Å². The van der Waals surface area contributed by atoms with E-state index in [1.807, 2.05) is 24.3 Å². The molecule has 0 amide bonds. The van der Waals surface area contributed by atoms with Gasteiger partial charge in [-0.3, -0.25) is 4.79 Å². The highest BCUT2D eigenvalue weighted by molar-refractivity contribution is 5.97. The lowest BCUT2D eigenvalue weighted by atomic mass is 9.82. The Morgan fingerprint density at radius 1 is 0.952 bits per heavy atom. The van der Waals surface area contributed by atoms with Crippen molar-refractivity contribution >= 4 is 5.78 Å². The van der Waals surface area contributed by atoms with Crippen molar-refractivity contribution in [3.63, 3.8) is 0 Å². The lowest BCUT2D eigenvalue weighted by molar-refractivity contribution is 0.0993. The van der Waals surface area contributed by atoms with Gasteiger partial charge in [0.1, 0.15) is 0 Å². The molecular weight excluding hydrogens is 256 g/mol. The van der Waals surface area contributed by atoms with E-state index in [4.69, 9.17) is 0 Å². The summed E-state index contributed by atoms with van der Waals surface area (Å²) in [6, 6.07) is 16.3. The SMILES string of the molecule is CCC(C)(C)c1ccc(C(=O)Cc2ccc(C)cc2)cc1. The maximum absolute atomic E-state index is 12.3. The molecule has 0 spiro atoms. The molecule has 110 valence electrons. The summed E-state index contributed by atoms with van der Waals surface area (Å²) in [4.78, 5) is 12.3. The van der Waals surface area contributed by atoms with E-state index < -0.39 is 0 Å². The number of carbonyl (C=O) groups excluding carboxylic acids is 1. The molecule has 0 radical (unpaired) electrons. The van der Waals surface area contributed by atoms with Gasteiger partial charge in [0.25, 0.3) is 0 Å². The van der Waals surface area contributed by atoms with Gasteiger partial charge in [0.2, 0.25) is 0 Å². The Labute approximate surface area is 128 Å². The molecule has 0 saturated carbocycles. The summed E-state index contributed by atoms with van der Waals surface area (Å²) < 4.78 is 0. The van der Waals surface area contributed by atoms with Crippen molar-refractivity contribution in [1.82, 2.24) is 0 Å². The summed E-state index contributed by atoms with van der Waals surface area (Å²) in [6.45, 7) is 8.71. The number of ketones is 1. The molecule has 2 aromatic rings. The zero-order chi connectivity index (χ0) is 15.5. The zero-order valence-corrected chi connectivity index (χ0v) is 13.4. The van der Waals surface area contributed by atoms with Crippen molar-refractivity contribution in [3.8, 4) is 0 Å². The molecule has 1 heteroatoms. The highest BCUT2D eigenvalue weighted by Gasteiger charge is 2.18. The van der Waals surface area contributed by atoms with Gasteiger partial charge in [0.15, 0.2) is 5.78 Å². The Morgan fingerprint density at radius 3 is 2.05 bits per heavy atom. The largest absolute Gasteiger partial charge is 0.294 e. The Bertz CT molecular complexity index is 603. The van der Waals surface area contributed by atoms with E-state index in [2.05, 4.69) is 52.0 Å². The van der Waals surface area contributed by atoms with Gasteiger partial charge in [-0.15, -0.1) is 0 Å². The van der Waals surface area contributed by atoms with Crippen LogP contribution in [0.1, 0.15) is 54.2 Å². The monoisotopic (exact) mass is 280 g/mol. The lowest BCUT2D eigenvalue weighted by Crippen LogP contribution is -2.15. The first-order chi connectivity index (χ1) is 9.92. The fourth-order valence-corrected chi connectivity index (χ4v) is 2.30. The molecule has 2 rings (SSSR count). The minimum Gasteiger partial charge on any atom is -0.294 e. The first-order valence-electron chi connectivity index (χ1n) is 7.61. The molecule has 0 aliphatic rings. The second-order valence-corrected chi connectivity index (χ2v) is 6.40. The Balaban J connectivity index is 2.11. The maximum Gasteiger partial charge on any atom is 0.167 e. The van der Waals surface area contributed by atoms with Gasteiger partial charge in [-0.05, 0) is 29.9 Å². The smallest absolute Gasteiger partial charge is 0.167 e. The van der Waals surface area contributed by atoms with Gasteiger partial charge in [0.05, 0.1) is 0 Å². The van der Waals surface area contributed by atoms with E-state index in [0.29, 0.717) is 6.42 Å². The molecule has 2 aromatic carbocycles. The molecule has 21 heavy (non-hydrogen) atoms. The summed E-state index contributed by atoms with van der Waals surface area (Å²) in [5.74, 6) is 0.180. The number of hydrogen-bond donors (Lipinski definition) is 0. The topological polar surface area (TPSA) is 17.1 Å². The van der Waals surface area contributed by atoms with Gasteiger partial charge in [0, 0.05) is 12.0 Å². The van der Waals surface area contributed by atoms with E-state index in [1.165, 1.54) is 11.1 Å². The third kappa shape index (κ3) is 3.81. The second-order valence-electron chi connectivity index (χ2n) is 6.40. The van der Waals surface area contributed by atoms with Gasteiger partial charge in [-0.1, -0.05) is 74.9 Å². The first-order valence-corrected chi connectivity index (χ1v) is 7.61. The van der Waals surface area contributed by atoms with Gasteiger partial charge >= 0.3 is 0 Å². The molecule has 0 saturated heterocycles. The molecule has 0 aliphatic heterocycles. The van der Waals surface area contributed by atoms with Crippen molar-refractivity contribution in [2.24, 2.45) is 0 Å². The summed E-state index contributed by atoms with van der Waals surface area (Å²) in [6.07, 6.45) is 1.56. The van der Waals surface area contributed by atoms with Crippen molar-refractivity contribution < 1.29 is 4.79 Å². The van der Waals surface area contributed by atoms with Crippen molar-refractivity contribution in [3.05, 3.63) is 70.8 Å². The maximum atomic E-state index is 12.3. The fraction of sp³-hybridized carbons (Fsp3) is 0.350. The predicted octanol–water partition coefficient (Wildman–Crippen LogP) is 5.11. The molecular formula is C20H24O. The standard InChI is InChI=1S/C20H24O/c1-5-20(3,4)18-12-10-17(11-13-18)19(21)14-16-8-6-15(2)7-9-16/h6-13H,5,14H2,1-4H3. The van der Waals surface area contributed by atoms with E-state index in [0.717, 1.165) is 17.5 Å². The van der Waals surface area contributed by atoms with Crippen LogP contribution in [-0.2, 0) is 11.8 Å². The first kappa shape index (κ1) is 15.5. The normalized spacial score (nSPS) is 11.4.